The summed E-state index contributed by atoms with van der Waals surface area (Å²) in [5, 5.41) is 11.3. The Hall–Kier alpha value is -2.11. The minimum atomic E-state index is -1.09. The van der Waals surface area contributed by atoms with Crippen LogP contribution in [0.25, 0.3) is 0 Å². The van der Waals surface area contributed by atoms with E-state index in [0.717, 1.165) is 6.07 Å². The van der Waals surface area contributed by atoms with Gasteiger partial charge in [0.2, 0.25) is 0 Å². The molecule has 0 fully saturated rings. The Kier molecular flexibility index (Phi) is 5.29. The van der Waals surface area contributed by atoms with Gasteiger partial charge in [0.15, 0.2) is 11.6 Å². The molecule has 6 heteroatoms. The molecule has 0 aliphatic carbocycles. The summed E-state index contributed by atoms with van der Waals surface area (Å²) >= 11 is 0. The maximum absolute atomic E-state index is 13.2. The highest BCUT2D eigenvalue weighted by Crippen LogP contribution is 2.18. The highest BCUT2D eigenvalue weighted by Gasteiger charge is 2.20. The van der Waals surface area contributed by atoms with Gasteiger partial charge in [-0.3, -0.25) is 4.79 Å². The molecule has 0 bridgehead atoms. The van der Waals surface area contributed by atoms with Gasteiger partial charge in [-0.2, -0.15) is 0 Å². The average Bonchev–Trinajstić information content (AvgIpc) is 2.38. The van der Waals surface area contributed by atoms with Crippen molar-refractivity contribution >= 4 is 11.9 Å². The fourth-order valence-corrected chi connectivity index (χ4v) is 1.59. The molecule has 0 heterocycles. The molecular weight excluding hydrogens is 253 g/mol. The lowest BCUT2D eigenvalue weighted by molar-refractivity contribution is -0.139. The summed E-state index contributed by atoms with van der Waals surface area (Å²) in [5.41, 5.74) is 0.153. The number of hydrogen-bond acceptors (Lipinski definition) is 3. The van der Waals surface area contributed by atoms with Crippen molar-refractivity contribution in [1.82, 2.24) is 5.32 Å². The maximum atomic E-state index is 13.2. The quantitative estimate of drug-likeness (QED) is 0.826. The van der Waals surface area contributed by atoms with Gasteiger partial charge in [-0.1, -0.05) is 13.3 Å². The third-order valence-corrected chi connectivity index (χ3v) is 2.59. The standard InChI is InChI=1S/C13H16FNO4/c1-3-4-10(13(17)18)15-12(16)8-5-6-9(14)11(7-8)19-2/h5-7,10H,3-4H2,1-2H3,(H,15,16)(H,17,18)/t10-/m1/s1. The number of rotatable bonds is 6. The second-order valence-electron chi connectivity index (χ2n) is 4.00. The second kappa shape index (κ2) is 6.72. The van der Waals surface area contributed by atoms with Crippen molar-refractivity contribution in [2.45, 2.75) is 25.8 Å². The highest BCUT2D eigenvalue weighted by molar-refractivity contribution is 5.96. The number of carboxylic acids is 1. The number of ether oxygens (including phenoxy) is 1. The highest BCUT2D eigenvalue weighted by atomic mass is 19.1. The normalized spacial score (nSPS) is 11.7. The molecule has 1 amide bonds. The molecule has 0 radical (unpaired) electrons. The summed E-state index contributed by atoms with van der Waals surface area (Å²) in [6, 6.07) is 2.66. The van der Waals surface area contributed by atoms with Gasteiger partial charge in [0.05, 0.1) is 7.11 Å². The molecule has 0 unspecified atom stereocenters. The Balaban J connectivity index is 2.85. The van der Waals surface area contributed by atoms with Crippen LogP contribution >= 0.6 is 0 Å². The van der Waals surface area contributed by atoms with Gasteiger partial charge in [0.25, 0.3) is 5.91 Å². The van der Waals surface area contributed by atoms with E-state index in [-0.39, 0.29) is 11.3 Å². The first-order chi connectivity index (χ1) is 8.99. The molecule has 0 saturated heterocycles. The van der Waals surface area contributed by atoms with E-state index in [4.69, 9.17) is 9.84 Å². The zero-order chi connectivity index (χ0) is 14.4. The fourth-order valence-electron chi connectivity index (χ4n) is 1.59. The Morgan fingerprint density at radius 3 is 2.68 bits per heavy atom. The van der Waals surface area contributed by atoms with E-state index >= 15 is 0 Å². The molecule has 0 saturated carbocycles. The summed E-state index contributed by atoms with van der Waals surface area (Å²) < 4.78 is 18.0. The van der Waals surface area contributed by atoms with Crippen molar-refractivity contribution in [3.05, 3.63) is 29.6 Å². The van der Waals surface area contributed by atoms with Crippen LogP contribution in [-0.2, 0) is 4.79 Å². The summed E-state index contributed by atoms with van der Waals surface area (Å²) in [7, 11) is 1.29. The number of benzene rings is 1. The first-order valence-electron chi connectivity index (χ1n) is 5.86. The van der Waals surface area contributed by atoms with Crippen LogP contribution in [0.2, 0.25) is 0 Å². The Bertz CT molecular complexity index is 476. The van der Waals surface area contributed by atoms with Gasteiger partial charge >= 0.3 is 5.97 Å². The van der Waals surface area contributed by atoms with Gasteiger partial charge in [0.1, 0.15) is 6.04 Å². The van der Waals surface area contributed by atoms with Crippen LogP contribution in [0.1, 0.15) is 30.1 Å². The Morgan fingerprint density at radius 2 is 2.16 bits per heavy atom. The zero-order valence-corrected chi connectivity index (χ0v) is 10.8. The van der Waals surface area contributed by atoms with Crippen molar-refractivity contribution < 1.29 is 23.8 Å². The van der Waals surface area contributed by atoms with E-state index in [0.29, 0.717) is 12.8 Å². The second-order valence-corrected chi connectivity index (χ2v) is 4.00. The van der Waals surface area contributed by atoms with Crippen molar-refractivity contribution in [3.63, 3.8) is 0 Å². The maximum Gasteiger partial charge on any atom is 0.326 e. The average molecular weight is 269 g/mol. The van der Waals surface area contributed by atoms with Crippen LogP contribution in [0, 0.1) is 5.82 Å². The van der Waals surface area contributed by atoms with E-state index in [1.807, 2.05) is 6.92 Å². The van der Waals surface area contributed by atoms with Crippen LogP contribution in [0.5, 0.6) is 5.75 Å². The summed E-state index contributed by atoms with van der Waals surface area (Å²) in [4.78, 5) is 22.8. The van der Waals surface area contributed by atoms with Crippen LogP contribution in [0.4, 0.5) is 4.39 Å². The molecule has 0 aliphatic heterocycles. The van der Waals surface area contributed by atoms with Gasteiger partial charge in [-0.25, -0.2) is 9.18 Å². The number of amides is 1. The number of carbonyl (C=O) groups excluding carboxylic acids is 1. The molecule has 0 aliphatic rings. The number of carbonyl (C=O) groups is 2. The molecule has 19 heavy (non-hydrogen) atoms. The van der Waals surface area contributed by atoms with E-state index in [9.17, 15) is 14.0 Å². The molecular formula is C13H16FNO4. The van der Waals surface area contributed by atoms with E-state index in [1.54, 1.807) is 0 Å². The summed E-state index contributed by atoms with van der Waals surface area (Å²) in [6.45, 7) is 1.82. The molecule has 2 N–H and O–H groups in total. The number of nitrogens with one attached hydrogen (secondary N) is 1. The van der Waals surface area contributed by atoms with Crippen LogP contribution in [-0.4, -0.2) is 30.1 Å². The Labute approximate surface area is 110 Å². The lowest BCUT2D eigenvalue weighted by Gasteiger charge is -2.14. The van der Waals surface area contributed by atoms with Gasteiger partial charge in [-0.15, -0.1) is 0 Å². The van der Waals surface area contributed by atoms with Crippen LogP contribution < -0.4 is 10.1 Å². The van der Waals surface area contributed by atoms with Crippen LogP contribution in [0.15, 0.2) is 18.2 Å². The van der Waals surface area contributed by atoms with E-state index in [2.05, 4.69) is 5.32 Å². The molecule has 1 aromatic carbocycles. The van der Waals surface area contributed by atoms with Gasteiger partial charge in [-0.05, 0) is 24.6 Å². The third kappa shape index (κ3) is 3.94. The lowest BCUT2D eigenvalue weighted by Crippen LogP contribution is -2.40. The number of methoxy groups -OCH3 is 1. The molecule has 1 atom stereocenters. The lowest BCUT2D eigenvalue weighted by atomic mass is 10.1. The van der Waals surface area contributed by atoms with Gasteiger partial charge in [0, 0.05) is 5.56 Å². The van der Waals surface area contributed by atoms with Crippen molar-refractivity contribution in [1.29, 1.82) is 0 Å². The first-order valence-corrected chi connectivity index (χ1v) is 5.86. The molecule has 1 aromatic rings. The largest absolute Gasteiger partial charge is 0.494 e. The summed E-state index contributed by atoms with van der Waals surface area (Å²) in [6.07, 6.45) is 0.962. The first kappa shape index (κ1) is 14.9. The van der Waals surface area contributed by atoms with Crippen molar-refractivity contribution in [2.75, 3.05) is 7.11 Å². The number of hydrogen-bond donors (Lipinski definition) is 2. The molecule has 1 rings (SSSR count). The fraction of sp³-hybridized carbons (Fsp3) is 0.385. The van der Waals surface area contributed by atoms with Crippen molar-refractivity contribution in [3.8, 4) is 5.75 Å². The summed E-state index contributed by atoms with van der Waals surface area (Å²) in [5.74, 6) is -2.30. The number of carboxylic acid groups (broad SMARTS) is 1. The molecule has 0 spiro atoms. The van der Waals surface area contributed by atoms with Crippen LogP contribution in [0.3, 0.4) is 0 Å². The van der Waals surface area contributed by atoms with Gasteiger partial charge < -0.3 is 15.2 Å². The Morgan fingerprint density at radius 1 is 1.47 bits per heavy atom. The molecule has 5 nitrogen and oxygen atoms in total. The van der Waals surface area contributed by atoms with Crippen molar-refractivity contribution in [2.24, 2.45) is 0 Å². The minimum Gasteiger partial charge on any atom is -0.494 e. The van der Waals surface area contributed by atoms with E-state index in [1.165, 1.54) is 19.2 Å². The number of aliphatic carboxylic acids is 1. The number of halogens is 1. The molecule has 104 valence electrons. The zero-order valence-electron chi connectivity index (χ0n) is 10.8. The monoisotopic (exact) mass is 269 g/mol. The minimum absolute atomic E-state index is 0.0602. The topological polar surface area (TPSA) is 75.6 Å². The predicted octanol–water partition coefficient (Wildman–Crippen LogP) is 1.82. The predicted molar refractivity (Wildman–Crippen MR) is 66.8 cm³/mol. The SMILES string of the molecule is CCC[C@@H](NC(=O)c1ccc(F)c(OC)c1)C(=O)O. The third-order valence-electron chi connectivity index (χ3n) is 2.59. The smallest absolute Gasteiger partial charge is 0.326 e. The van der Waals surface area contributed by atoms with E-state index < -0.39 is 23.7 Å². The molecule has 0 aromatic heterocycles.